The summed E-state index contributed by atoms with van der Waals surface area (Å²) in [6.45, 7) is 0.872. The molecule has 3 heterocycles. The van der Waals surface area contributed by atoms with Crippen LogP contribution in [0.1, 0.15) is 30.5 Å². The van der Waals surface area contributed by atoms with E-state index < -0.39 is 11.8 Å². The fraction of sp³-hybridized carbons (Fsp3) is 0.533. The average molecular weight is 353 g/mol. The van der Waals surface area contributed by atoms with E-state index in [1.54, 1.807) is 0 Å². The van der Waals surface area contributed by atoms with Crippen LogP contribution in [0.15, 0.2) is 6.20 Å². The number of fused-ring (bicyclic) bond motifs is 1. The Morgan fingerprint density at radius 3 is 2.92 bits per heavy atom. The number of anilines is 1. The van der Waals surface area contributed by atoms with Crippen LogP contribution in [0, 0.1) is 17.2 Å². The molecule has 0 radical (unpaired) electrons. The topological polar surface area (TPSA) is 71.5 Å². The molecule has 1 aliphatic heterocycles. The van der Waals surface area contributed by atoms with E-state index in [1.165, 1.54) is 10.9 Å². The van der Waals surface area contributed by atoms with Crippen LogP contribution in [0.4, 0.5) is 14.6 Å². The molecule has 0 bridgehead atoms. The second-order valence-corrected chi connectivity index (χ2v) is 6.62. The first-order chi connectivity index (χ1) is 11.5. The minimum absolute atomic E-state index is 0.0819. The lowest BCUT2D eigenvalue weighted by Gasteiger charge is -2.12. The van der Waals surface area contributed by atoms with Gasteiger partial charge in [0, 0.05) is 25.4 Å². The van der Waals surface area contributed by atoms with Crippen molar-refractivity contribution in [2.75, 3.05) is 11.9 Å². The summed E-state index contributed by atoms with van der Waals surface area (Å²) in [5, 5.41) is 21.3. The number of hydrogen-bond acceptors (Lipinski definition) is 4. The second-order valence-electron chi connectivity index (χ2n) is 6.24. The highest BCUT2D eigenvalue weighted by Gasteiger charge is 2.56. The molecule has 24 heavy (non-hydrogen) atoms. The molecule has 2 aromatic rings. The van der Waals surface area contributed by atoms with Gasteiger partial charge in [0.2, 0.25) is 0 Å². The monoisotopic (exact) mass is 352 g/mol. The molecule has 4 rings (SSSR count). The molecule has 1 N–H and O–H groups in total. The molecule has 0 amide bonds. The molecule has 6 nitrogen and oxygen atoms in total. The number of aryl methyl sites for hydroxylation is 1. The Labute approximate surface area is 142 Å². The van der Waals surface area contributed by atoms with Gasteiger partial charge in [0.25, 0.3) is 5.92 Å². The zero-order valence-electron chi connectivity index (χ0n) is 12.8. The predicted molar refractivity (Wildman–Crippen MR) is 83.6 cm³/mol. The van der Waals surface area contributed by atoms with E-state index in [0.717, 1.165) is 31.5 Å². The third-order valence-electron chi connectivity index (χ3n) is 4.57. The maximum Gasteiger partial charge on any atom is 0.253 e. The molecule has 0 aromatic carbocycles. The van der Waals surface area contributed by atoms with E-state index in [4.69, 9.17) is 11.6 Å². The third-order valence-corrected chi connectivity index (χ3v) is 4.96. The summed E-state index contributed by atoms with van der Waals surface area (Å²) in [6.07, 6.45) is 4.19. The smallest absolute Gasteiger partial charge is 0.253 e. The van der Waals surface area contributed by atoms with Crippen molar-refractivity contribution in [1.82, 2.24) is 19.6 Å². The van der Waals surface area contributed by atoms with Crippen LogP contribution in [0.3, 0.4) is 0 Å². The molecule has 0 spiro atoms. The highest BCUT2D eigenvalue weighted by atomic mass is 35.5. The van der Waals surface area contributed by atoms with E-state index in [9.17, 15) is 14.0 Å². The highest BCUT2D eigenvalue weighted by Crippen LogP contribution is 2.48. The van der Waals surface area contributed by atoms with Gasteiger partial charge >= 0.3 is 0 Å². The molecule has 1 fully saturated rings. The van der Waals surface area contributed by atoms with E-state index in [2.05, 4.69) is 15.5 Å². The summed E-state index contributed by atoms with van der Waals surface area (Å²) >= 11 is 6.45. The fourth-order valence-corrected chi connectivity index (χ4v) is 3.36. The lowest BCUT2D eigenvalue weighted by Crippen LogP contribution is -2.14. The number of nitriles is 1. The van der Waals surface area contributed by atoms with Gasteiger partial charge in [-0.2, -0.15) is 20.1 Å². The van der Waals surface area contributed by atoms with Gasteiger partial charge < -0.3 is 5.32 Å². The number of aromatic nitrogens is 4. The van der Waals surface area contributed by atoms with Crippen LogP contribution in [-0.4, -0.2) is 32.0 Å². The first kappa shape index (κ1) is 15.4. The Bertz CT molecular complexity index is 834. The van der Waals surface area contributed by atoms with Gasteiger partial charge in [-0.15, -0.1) is 0 Å². The molecule has 1 aliphatic carbocycles. The number of rotatable bonds is 4. The Morgan fingerprint density at radius 2 is 2.25 bits per heavy atom. The Kier molecular flexibility index (Phi) is 3.49. The summed E-state index contributed by atoms with van der Waals surface area (Å²) in [5.41, 5.74) is 1.23. The molecule has 9 heteroatoms. The lowest BCUT2D eigenvalue weighted by molar-refractivity contribution is 0.101. The third kappa shape index (κ3) is 2.44. The molecule has 2 aromatic heterocycles. The summed E-state index contributed by atoms with van der Waals surface area (Å²) in [6, 6.07) is 2.02. The first-order valence-electron chi connectivity index (χ1n) is 7.86. The van der Waals surface area contributed by atoms with Crippen molar-refractivity contribution in [3.05, 3.63) is 22.5 Å². The van der Waals surface area contributed by atoms with Crippen LogP contribution in [-0.2, 0) is 13.0 Å². The summed E-state index contributed by atoms with van der Waals surface area (Å²) < 4.78 is 29.5. The molecule has 1 saturated carbocycles. The van der Waals surface area contributed by atoms with Gasteiger partial charge in [0.1, 0.15) is 22.5 Å². The summed E-state index contributed by atoms with van der Waals surface area (Å²) in [4.78, 5) is 0. The lowest BCUT2D eigenvalue weighted by atomic mass is 10.1. The van der Waals surface area contributed by atoms with Crippen molar-refractivity contribution >= 4 is 17.4 Å². The summed E-state index contributed by atoms with van der Waals surface area (Å²) in [5.74, 6) is -2.54. The van der Waals surface area contributed by atoms with Gasteiger partial charge in [-0.3, -0.25) is 4.68 Å². The van der Waals surface area contributed by atoms with Crippen LogP contribution in [0.2, 0.25) is 5.02 Å². The second kappa shape index (κ2) is 5.45. The van der Waals surface area contributed by atoms with Gasteiger partial charge in [-0.25, -0.2) is 8.78 Å². The number of nitrogens with zero attached hydrogens (tertiary/aromatic N) is 5. The molecule has 1 unspecified atom stereocenters. The van der Waals surface area contributed by atoms with E-state index >= 15 is 0 Å². The van der Waals surface area contributed by atoms with Crippen molar-refractivity contribution in [2.24, 2.45) is 5.92 Å². The molecule has 126 valence electrons. The molecular weight excluding hydrogens is 338 g/mol. The number of nitrogens with one attached hydrogen (secondary N) is 1. The Balaban J connectivity index is 1.67. The van der Waals surface area contributed by atoms with Crippen molar-refractivity contribution in [2.45, 2.75) is 38.2 Å². The van der Waals surface area contributed by atoms with Crippen molar-refractivity contribution in [3.63, 3.8) is 0 Å². The van der Waals surface area contributed by atoms with Gasteiger partial charge in [0.05, 0.1) is 11.9 Å². The van der Waals surface area contributed by atoms with Crippen LogP contribution >= 0.6 is 11.6 Å². The van der Waals surface area contributed by atoms with Gasteiger partial charge in [0.15, 0.2) is 5.82 Å². The van der Waals surface area contributed by atoms with Crippen molar-refractivity contribution in [3.8, 4) is 11.9 Å². The first-order valence-corrected chi connectivity index (χ1v) is 8.24. The minimum atomic E-state index is -2.62. The van der Waals surface area contributed by atoms with Gasteiger partial charge in [-0.05, 0) is 19.3 Å². The molecule has 2 aliphatic rings. The van der Waals surface area contributed by atoms with Crippen LogP contribution < -0.4 is 5.32 Å². The molecular formula is C15H15ClF2N6. The number of hydrogen-bond donors (Lipinski definition) is 1. The zero-order chi connectivity index (χ0) is 16.9. The van der Waals surface area contributed by atoms with E-state index in [-0.39, 0.29) is 18.5 Å². The quantitative estimate of drug-likeness (QED) is 0.918. The number of alkyl halides is 2. The van der Waals surface area contributed by atoms with Crippen LogP contribution in [0.5, 0.6) is 0 Å². The largest absolute Gasteiger partial charge is 0.368 e. The predicted octanol–water partition coefficient (Wildman–Crippen LogP) is 3.00. The maximum absolute atomic E-state index is 13.1. The highest BCUT2D eigenvalue weighted by molar-refractivity contribution is 6.32. The maximum atomic E-state index is 13.1. The summed E-state index contributed by atoms with van der Waals surface area (Å²) in [7, 11) is 0. The fourth-order valence-electron chi connectivity index (χ4n) is 3.05. The zero-order valence-corrected chi connectivity index (χ0v) is 13.5. The Hall–Kier alpha value is -2.14. The van der Waals surface area contributed by atoms with Gasteiger partial charge in [-0.1, -0.05) is 11.6 Å². The van der Waals surface area contributed by atoms with E-state index in [0.29, 0.717) is 16.7 Å². The molecule has 1 atom stereocenters. The van der Waals surface area contributed by atoms with Crippen molar-refractivity contribution in [1.29, 1.82) is 5.26 Å². The van der Waals surface area contributed by atoms with E-state index in [1.807, 2.05) is 10.8 Å². The minimum Gasteiger partial charge on any atom is -0.368 e. The normalized spacial score (nSPS) is 21.2. The Morgan fingerprint density at radius 1 is 1.46 bits per heavy atom. The number of halogens is 3. The molecule has 0 saturated heterocycles. The standard InChI is InChI=1S/C15H15ClF2N6/c16-12-11-3-1-2-4-23(11)22-14(12)24-13(9(6-19)7-21-24)20-8-10-5-15(10,17)18/h7,10,20H,1-5,8H2. The SMILES string of the molecule is N#Cc1cnn(-c2nn3c(c2Cl)CCCC3)c1NCC1CC1(F)F. The van der Waals surface area contributed by atoms with Crippen molar-refractivity contribution < 1.29 is 8.78 Å². The average Bonchev–Trinajstić information content (AvgIpc) is 2.90. The van der Waals surface area contributed by atoms with Crippen LogP contribution in [0.25, 0.3) is 5.82 Å².